The lowest BCUT2D eigenvalue weighted by molar-refractivity contribution is 0.102. The molecule has 1 aromatic carbocycles. The smallest absolute Gasteiger partial charge is 0.259 e. The Kier molecular flexibility index (Phi) is 3.85. The highest BCUT2D eigenvalue weighted by Crippen LogP contribution is 2.28. The predicted molar refractivity (Wildman–Crippen MR) is 77.5 cm³/mol. The van der Waals surface area contributed by atoms with Crippen LogP contribution >= 0.6 is 15.9 Å². The molecule has 19 heavy (non-hydrogen) atoms. The SMILES string of the molecule is Cc1cc(C)c(NC(=O)c2ccncc2O)c(Br)c1. The lowest BCUT2D eigenvalue weighted by atomic mass is 10.1. The van der Waals surface area contributed by atoms with Crippen LogP contribution in [0.1, 0.15) is 21.5 Å². The highest BCUT2D eigenvalue weighted by atomic mass is 79.9. The number of carbonyl (C=O) groups is 1. The van der Waals surface area contributed by atoms with Gasteiger partial charge in [0.2, 0.25) is 0 Å². The zero-order chi connectivity index (χ0) is 14.0. The molecule has 5 heteroatoms. The molecular formula is C14H13BrN2O2. The first-order valence-electron chi connectivity index (χ1n) is 5.70. The third kappa shape index (κ3) is 2.93. The number of aromatic nitrogens is 1. The van der Waals surface area contributed by atoms with Gasteiger partial charge in [0.1, 0.15) is 5.75 Å². The summed E-state index contributed by atoms with van der Waals surface area (Å²) in [7, 11) is 0. The molecule has 2 N–H and O–H groups in total. The minimum absolute atomic E-state index is 0.138. The lowest BCUT2D eigenvalue weighted by Crippen LogP contribution is -2.13. The van der Waals surface area contributed by atoms with Crippen LogP contribution in [0.15, 0.2) is 35.1 Å². The molecule has 98 valence electrons. The molecule has 4 nitrogen and oxygen atoms in total. The van der Waals surface area contributed by atoms with Crippen molar-refractivity contribution >= 4 is 27.5 Å². The first-order valence-corrected chi connectivity index (χ1v) is 6.49. The summed E-state index contributed by atoms with van der Waals surface area (Å²) >= 11 is 3.43. The number of anilines is 1. The molecule has 0 fully saturated rings. The second-order valence-corrected chi connectivity index (χ2v) is 5.14. The van der Waals surface area contributed by atoms with Gasteiger partial charge in [-0.3, -0.25) is 9.78 Å². The van der Waals surface area contributed by atoms with Crippen molar-refractivity contribution in [2.75, 3.05) is 5.32 Å². The van der Waals surface area contributed by atoms with Crippen molar-refractivity contribution in [3.63, 3.8) is 0 Å². The minimum atomic E-state index is -0.368. The fraction of sp³-hybridized carbons (Fsp3) is 0.143. The molecule has 0 bridgehead atoms. The van der Waals surface area contributed by atoms with Crippen molar-refractivity contribution in [2.45, 2.75) is 13.8 Å². The van der Waals surface area contributed by atoms with Crippen LogP contribution in [0.2, 0.25) is 0 Å². The van der Waals surface area contributed by atoms with Gasteiger partial charge in [0.05, 0.1) is 17.4 Å². The maximum Gasteiger partial charge on any atom is 0.259 e. The Balaban J connectivity index is 2.32. The van der Waals surface area contributed by atoms with Gasteiger partial charge < -0.3 is 10.4 Å². The zero-order valence-electron chi connectivity index (χ0n) is 10.6. The first kappa shape index (κ1) is 13.5. The molecule has 0 saturated carbocycles. The highest BCUT2D eigenvalue weighted by molar-refractivity contribution is 9.10. The number of aromatic hydroxyl groups is 1. The van der Waals surface area contributed by atoms with Crippen LogP contribution in [0.25, 0.3) is 0 Å². The molecule has 0 unspecified atom stereocenters. The number of carbonyl (C=O) groups excluding carboxylic acids is 1. The topological polar surface area (TPSA) is 62.2 Å². The van der Waals surface area contributed by atoms with E-state index in [2.05, 4.69) is 26.2 Å². The van der Waals surface area contributed by atoms with Gasteiger partial charge in [0, 0.05) is 10.7 Å². The summed E-state index contributed by atoms with van der Waals surface area (Å²) in [6.07, 6.45) is 2.71. The molecule has 1 aromatic heterocycles. The molecule has 1 heterocycles. The normalized spacial score (nSPS) is 10.3. The Labute approximate surface area is 119 Å². The lowest BCUT2D eigenvalue weighted by Gasteiger charge is -2.12. The zero-order valence-corrected chi connectivity index (χ0v) is 12.2. The minimum Gasteiger partial charge on any atom is -0.505 e. The van der Waals surface area contributed by atoms with Crippen molar-refractivity contribution in [1.29, 1.82) is 0 Å². The Hall–Kier alpha value is -1.88. The van der Waals surface area contributed by atoms with Crippen LogP contribution in [0.5, 0.6) is 5.75 Å². The number of halogens is 1. The molecule has 2 aromatic rings. The van der Waals surface area contributed by atoms with Crippen LogP contribution in [-0.2, 0) is 0 Å². The molecular weight excluding hydrogens is 308 g/mol. The van der Waals surface area contributed by atoms with Crippen molar-refractivity contribution in [1.82, 2.24) is 4.98 Å². The summed E-state index contributed by atoms with van der Waals surface area (Å²) in [6, 6.07) is 5.38. The van der Waals surface area contributed by atoms with Crippen LogP contribution in [0, 0.1) is 13.8 Å². The van der Waals surface area contributed by atoms with Crippen molar-refractivity contribution in [2.24, 2.45) is 0 Å². The van der Waals surface area contributed by atoms with E-state index in [0.29, 0.717) is 5.69 Å². The molecule has 0 spiro atoms. The highest BCUT2D eigenvalue weighted by Gasteiger charge is 2.14. The third-order valence-corrected chi connectivity index (χ3v) is 3.34. The molecule has 1 amide bonds. The molecule has 0 atom stereocenters. The van der Waals surface area contributed by atoms with E-state index < -0.39 is 0 Å². The Morgan fingerprint density at radius 2 is 2.11 bits per heavy atom. The summed E-state index contributed by atoms with van der Waals surface area (Å²) in [6.45, 7) is 3.90. The Bertz CT molecular complexity index is 618. The molecule has 2 rings (SSSR count). The summed E-state index contributed by atoms with van der Waals surface area (Å²) in [5.41, 5.74) is 2.96. The number of hydrogen-bond acceptors (Lipinski definition) is 3. The molecule has 0 radical (unpaired) electrons. The van der Waals surface area contributed by atoms with Crippen LogP contribution in [0.4, 0.5) is 5.69 Å². The molecule has 0 aliphatic rings. The molecule has 0 aliphatic carbocycles. The number of hydrogen-bond donors (Lipinski definition) is 2. The number of aryl methyl sites for hydroxylation is 2. The van der Waals surface area contributed by atoms with Gasteiger partial charge in [-0.2, -0.15) is 0 Å². The van der Waals surface area contributed by atoms with Gasteiger partial charge in [-0.05, 0) is 53.0 Å². The molecule has 0 aliphatic heterocycles. The number of benzene rings is 1. The monoisotopic (exact) mass is 320 g/mol. The first-order chi connectivity index (χ1) is 8.99. The van der Waals surface area contributed by atoms with Crippen LogP contribution in [-0.4, -0.2) is 16.0 Å². The van der Waals surface area contributed by atoms with Crippen molar-refractivity contribution in [3.8, 4) is 5.75 Å². The van der Waals surface area contributed by atoms with Gasteiger partial charge in [0.25, 0.3) is 5.91 Å². The van der Waals surface area contributed by atoms with E-state index in [1.807, 2.05) is 26.0 Å². The fourth-order valence-electron chi connectivity index (χ4n) is 1.83. The van der Waals surface area contributed by atoms with Crippen LogP contribution < -0.4 is 5.32 Å². The second-order valence-electron chi connectivity index (χ2n) is 4.29. The van der Waals surface area contributed by atoms with Crippen LogP contribution in [0.3, 0.4) is 0 Å². The Morgan fingerprint density at radius 3 is 2.74 bits per heavy atom. The second kappa shape index (κ2) is 5.40. The van der Waals surface area contributed by atoms with E-state index in [0.717, 1.165) is 15.6 Å². The van der Waals surface area contributed by atoms with E-state index in [4.69, 9.17) is 0 Å². The number of pyridine rings is 1. The average molecular weight is 321 g/mol. The van der Waals surface area contributed by atoms with E-state index in [1.54, 1.807) is 0 Å². The number of amides is 1. The maximum absolute atomic E-state index is 12.1. The summed E-state index contributed by atoms with van der Waals surface area (Å²) in [4.78, 5) is 15.8. The number of nitrogens with zero attached hydrogens (tertiary/aromatic N) is 1. The van der Waals surface area contributed by atoms with Gasteiger partial charge in [-0.25, -0.2) is 0 Å². The van der Waals surface area contributed by atoms with Gasteiger partial charge in [0.15, 0.2) is 0 Å². The third-order valence-electron chi connectivity index (χ3n) is 2.71. The standard InChI is InChI=1S/C14H13BrN2O2/c1-8-5-9(2)13(11(15)6-8)17-14(19)10-3-4-16-7-12(10)18/h3-7,18H,1-2H3,(H,17,19). The van der Waals surface area contributed by atoms with E-state index >= 15 is 0 Å². The Morgan fingerprint density at radius 1 is 1.37 bits per heavy atom. The average Bonchev–Trinajstić information content (AvgIpc) is 2.34. The van der Waals surface area contributed by atoms with Gasteiger partial charge in [-0.15, -0.1) is 0 Å². The summed E-state index contributed by atoms with van der Waals surface area (Å²) < 4.78 is 0.812. The summed E-state index contributed by atoms with van der Waals surface area (Å²) in [5, 5.41) is 12.4. The van der Waals surface area contributed by atoms with E-state index in [-0.39, 0.29) is 17.2 Å². The predicted octanol–water partition coefficient (Wildman–Crippen LogP) is 3.42. The molecule has 0 saturated heterocycles. The van der Waals surface area contributed by atoms with E-state index in [1.165, 1.54) is 18.5 Å². The number of rotatable bonds is 2. The fourth-order valence-corrected chi connectivity index (χ4v) is 2.61. The summed E-state index contributed by atoms with van der Waals surface area (Å²) in [5.74, 6) is -0.506. The largest absolute Gasteiger partial charge is 0.505 e. The maximum atomic E-state index is 12.1. The quantitative estimate of drug-likeness (QED) is 0.891. The van der Waals surface area contributed by atoms with Crippen molar-refractivity contribution < 1.29 is 9.90 Å². The van der Waals surface area contributed by atoms with Gasteiger partial charge in [-0.1, -0.05) is 6.07 Å². The van der Waals surface area contributed by atoms with Crippen molar-refractivity contribution in [3.05, 3.63) is 51.8 Å². The number of nitrogens with one attached hydrogen (secondary N) is 1. The van der Waals surface area contributed by atoms with Gasteiger partial charge >= 0.3 is 0 Å². The van der Waals surface area contributed by atoms with E-state index in [9.17, 15) is 9.90 Å².